The Bertz CT molecular complexity index is 1140. The number of ether oxygens (including phenoxy) is 1. The highest BCUT2D eigenvalue weighted by Gasteiger charge is 2.18. The van der Waals surface area contributed by atoms with Crippen LogP contribution in [0.2, 0.25) is 0 Å². The summed E-state index contributed by atoms with van der Waals surface area (Å²) < 4.78 is 37.0. The van der Waals surface area contributed by atoms with Gasteiger partial charge in [0.05, 0.1) is 24.1 Å². The van der Waals surface area contributed by atoms with Gasteiger partial charge in [0.25, 0.3) is 15.8 Å². The molecule has 2 aromatic carbocycles. The van der Waals surface area contributed by atoms with Crippen molar-refractivity contribution in [3.8, 4) is 5.75 Å². The molecule has 1 amide bonds. The van der Waals surface area contributed by atoms with Crippen LogP contribution in [0.5, 0.6) is 5.75 Å². The summed E-state index contributed by atoms with van der Waals surface area (Å²) in [4.78, 5) is 32.5. The molecular formula is C17H16N4O8S. The van der Waals surface area contributed by atoms with Gasteiger partial charge in [-0.2, -0.15) is 13.5 Å². The van der Waals surface area contributed by atoms with Crippen LogP contribution in [-0.4, -0.2) is 36.7 Å². The number of carbonyl (C=O) groups is 2. The van der Waals surface area contributed by atoms with Gasteiger partial charge in [-0.15, -0.1) is 5.11 Å². The van der Waals surface area contributed by atoms with Crippen molar-refractivity contribution in [2.24, 2.45) is 10.2 Å². The second kappa shape index (κ2) is 9.19. The van der Waals surface area contributed by atoms with E-state index >= 15 is 0 Å². The molecule has 0 aliphatic rings. The molecule has 0 spiro atoms. The number of nitrogens with one attached hydrogen (secondary N) is 1. The van der Waals surface area contributed by atoms with Crippen molar-refractivity contribution in [2.45, 2.75) is 18.2 Å². The van der Waals surface area contributed by atoms with Crippen LogP contribution in [0.4, 0.5) is 22.7 Å². The van der Waals surface area contributed by atoms with E-state index in [2.05, 4.69) is 15.5 Å². The van der Waals surface area contributed by atoms with E-state index in [-0.39, 0.29) is 35.0 Å². The van der Waals surface area contributed by atoms with E-state index in [1.165, 1.54) is 32.2 Å². The van der Waals surface area contributed by atoms with Gasteiger partial charge < -0.3 is 10.1 Å². The molecule has 0 radical (unpaired) electrons. The summed E-state index contributed by atoms with van der Waals surface area (Å²) in [5.41, 5.74) is -0.693. The van der Waals surface area contributed by atoms with E-state index in [4.69, 9.17) is 4.74 Å². The maximum Gasteiger partial charge on any atom is 0.294 e. The predicted octanol–water partition coefficient (Wildman–Crippen LogP) is 3.18. The van der Waals surface area contributed by atoms with Gasteiger partial charge in [-0.1, -0.05) is 6.07 Å². The van der Waals surface area contributed by atoms with Crippen molar-refractivity contribution in [1.29, 1.82) is 0 Å². The molecule has 12 nitrogen and oxygen atoms in total. The average Bonchev–Trinajstić information content (AvgIpc) is 2.65. The van der Waals surface area contributed by atoms with E-state index in [0.29, 0.717) is 6.07 Å². The number of nitro benzene ring substituents is 1. The highest BCUT2D eigenvalue weighted by molar-refractivity contribution is 7.85. The zero-order valence-electron chi connectivity index (χ0n) is 15.7. The zero-order chi connectivity index (χ0) is 22.5. The van der Waals surface area contributed by atoms with Crippen molar-refractivity contribution in [1.82, 2.24) is 0 Å². The molecule has 0 aliphatic carbocycles. The Morgan fingerprint density at radius 1 is 1.23 bits per heavy atom. The Morgan fingerprint density at radius 3 is 2.50 bits per heavy atom. The third-order valence-corrected chi connectivity index (χ3v) is 4.39. The molecule has 2 N–H and O–H groups in total. The first-order chi connectivity index (χ1) is 14.0. The predicted molar refractivity (Wildman–Crippen MR) is 104 cm³/mol. The number of hydrogen-bond donors (Lipinski definition) is 2. The smallest absolute Gasteiger partial charge is 0.294 e. The first kappa shape index (κ1) is 22.6. The van der Waals surface area contributed by atoms with Gasteiger partial charge in [0.15, 0.2) is 0 Å². The second-order valence-electron chi connectivity index (χ2n) is 5.90. The second-order valence-corrected chi connectivity index (χ2v) is 7.32. The van der Waals surface area contributed by atoms with Crippen LogP contribution in [0.1, 0.15) is 13.3 Å². The highest BCUT2D eigenvalue weighted by atomic mass is 32.2. The largest absolute Gasteiger partial charge is 0.494 e. The first-order valence-electron chi connectivity index (χ1n) is 8.16. The first-order valence-corrected chi connectivity index (χ1v) is 9.60. The lowest BCUT2D eigenvalue weighted by atomic mass is 10.2. The third kappa shape index (κ3) is 5.89. The lowest BCUT2D eigenvalue weighted by Gasteiger charge is -2.11. The summed E-state index contributed by atoms with van der Waals surface area (Å²) in [6.45, 7) is 1.25. The minimum Gasteiger partial charge on any atom is -0.494 e. The molecule has 158 valence electrons. The summed E-state index contributed by atoms with van der Waals surface area (Å²) >= 11 is 0. The molecule has 2 rings (SSSR count). The Morgan fingerprint density at radius 2 is 1.93 bits per heavy atom. The number of azo groups is 1. The summed E-state index contributed by atoms with van der Waals surface area (Å²) in [6, 6.07) is 7.01. The zero-order valence-corrected chi connectivity index (χ0v) is 16.5. The molecule has 2 aromatic rings. The quantitative estimate of drug-likeness (QED) is 0.208. The van der Waals surface area contributed by atoms with Gasteiger partial charge >= 0.3 is 0 Å². The van der Waals surface area contributed by atoms with E-state index < -0.39 is 31.5 Å². The molecule has 0 aromatic heterocycles. The molecule has 0 aliphatic heterocycles. The standard InChI is InChI=1S/C17H16N4O8S/c1-10(22)6-16(23)18-17-14(4-3-5-15(17)29-2)20-19-11-7-12(21(24)25)9-13(8-11)30(26,27)28/h3-5,7-9H,6H2,1-2H3,(H,18,23)(H,26,27,28). The number of benzene rings is 2. The molecule has 0 heterocycles. The van der Waals surface area contributed by atoms with Crippen molar-refractivity contribution in [2.75, 3.05) is 12.4 Å². The number of para-hydroxylation sites is 1. The van der Waals surface area contributed by atoms with Crippen molar-refractivity contribution < 1.29 is 32.2 Å². The number of nitrogens with zero attached hydrogens (tertiary/aromatic N) is 3. The van der Waals surface area contributed by atoms with Gasteiger partial charge in [-0.3, -0.25) is 24.3 Å². The van der Waals surface area contributed by atoms with E-state index in [1.807, 2.05) is 0 Å². The number of amides is 1. The topological polar surface area (TPSA) is 178 Å². The number of hydrogen-bond acceptors (Lipinski definition) is 9. The number of ketones is 1. The Kier molecular flexibility index (Phi) is 6.92. The molecule has 30 heavy (non-hydrogen) atoms. The highest BCUT2D eigenvalue weighted by Crippen LogP contribution is 2.36. The van der Waals surface area contributed by atoms with Crippen LogP contribution in [0, 0.1) is 10.1 Å². The van der Waals surface area contributed by atoms with Crippen LogP contribution < -0.4 is 10.1 Å². The van der Waals surface area contributed by atoms with E-state index in [1.54, 1.807) is 0 Å². The van der Waals surface area contributed by atoms with Crippen LogP contribution in [0.3, 0.4) is 0 Å². The Labute approximate surface area is 170 Å². The van der Waals surface area contributed by atoms with Gasteiger partial charge in [0, 0.05) is 12.1 Å². The van der Waals surface area contributed by atoms with Gasteiger partial charge in [0.2, 0.25) is 5.91 Å². The molecule has 13 heteroatoms. The third-order valence-electron chi connectivity index (χ3n) is 3.56. The minimum absolute atomic E-state index is 0.0752. The summed E-state index contributed by atoms with van der Waals surface area (Å²) in [7, 11) is -3.38. The lowest BCUT2D eigenvalue weighted by Crippen LogP contribution is -2.15. The Balaban J connectivity index is 2.49. The molecular weight excluding hydrogens is 420 g/mol. The van der Waals surface area contributed by atoms with Gasteiger partial charge in [-0.25, -0.2) is 0 Å². The fourth-order valence-electron chi connectivity index (χ4n) is 2.30. The number of nitro groups is 1. The molecule has 0 atom stereocenters. The minimum atomic E-state index is -4.73. The van der Waals surface area contributed by atoms with Crippen molar-refractivity contribution >= 4 is 44.6 Å². The number of rotatable bonds is 8. The molecule has 0 saturated heterocycles. The summed E-state index contributed by atoms with van der Waals surface area (Å²) in [5, 5.41) is 21.2. The van der Waals surface area contributed by atoms with Crippen LogP contribution in [0.15, 0.2) is 51.5 Å². The van der Waals surface area contributed by atoms with Crippen LogP contribution in [0.25, 0.3) is 0 Å². The Hall–Kier alpha value is -3.71. The molecule has 0 fully saturated rings. The number of Topliss-reactive ketones (excluding diaryl/α,β-unsaturated/α-hetero) is 1. The number of carbonyl (C=O) groups excluding carboxylic acids is 2. The maximum absolute atomic E-state index is 12.0. The molecule has 0 unspecified atom stereocenters. The van der Waals surface area contributed by atoms with Crippen molar-refractivity contribution in [3.05, 3.63) is 46.5 Å². The average molecular weight is 436 g/mol. The number of methoxy groups -OCH3 is 1. The monoisotopic (exact) mass is 436 g/mol. The lowest BCUT2D eigenvalue weighted by molar-refractivity contribution is -0.385. The van der Waals surface area contributed by atoms with E-state index in [0.717, 1.165) is 12.1 Å². The van der Waals surface area contributed by atoms with Gasteiger partial charge in [0.1, 0.15) is 27.8 Å². The molecule has 0 saturated carbocycles. The maximum atomic E-state index is 12.0. The van der Waals surface area contributed by atoms with Crippen LogP contribution in [-0.2, 0) is 19.7 Å². The van der Waals surface area contributed by atoms with Crippen LogP contribution >= 0.6 is 0 Å². The van der Waals surface area contributed by atoms with Gasteiger partial charge in [-0.05, 0) is 25.1 Å². The summed E-state index contributed by atoms with van der Waals surface area (Å²) in [6.07, 6.45) is -0.378. The van der Waals surface area contributed by atoms with Crippen molar-refractivity contribution in [3.63, 3.8) is 0 Å². The molecule has 0 bridgehead atoms. The normalized spacial score (nSPS) is 11.3. The SMILES string of the molecule is COc1cccc(N=Nc2cc([N+](=O)[O-])cc(S(=O)(=O)O)c2)c1NC(=O)CC(C)=O. The number of non-ortho nitro benzene ring substituents is 1. The summed E-state index contributed by atoms with van der Waals surface area (Å²) in [5.74, 6) is -0.770. The fraction of sp³-hybridized carbons (Fsp3) is 0.176. The van der Waals surface area contributed by atoms with E-state index in [9.17, 15) is 32.7 Å². The fourth-order valence-corrected chi connectivity index (χ4v) is 2.84. The number of anilines is 1.